The number of nitrogens with zero attached hydrogens (tertiary/aromatic N) is 2. The molecule has 10 nitrogen and oxygen atoms in total. The van der Waals surface area contributed by atoms with Crippen molar-refractivity contribution in [1.29, 1.82) is 0 Å². The van der Waals surface area contributed by atoms with Gasteiger partial charge in [-0.1, -0.05) is 0 Å². The summed E-state index contributed by atoms with van der Waals surface area (Å²) in [5.74, 6) is -2.63. The van der Waals surface area contributed by atoms with Gasteiger partial charge in [-0.15, -0.1) is 13.2 Å². The van der Waals surface area contributed by atoms with E-state index in [1.807, 2.05) is 0 Å². The molecule has 1 atom stereocenters. The van der Waals surface area contributed by atoms with Crippen molar-refractivity contribution in [2.75, 3.05) is 13.1 Å². The Balaban J connectivity index is 2.22. The van der Waals surface area contributed by atoms with Gasteiger partial charge in [-0.05, 0) is 33.3 Å². The molecule has 1 amide bonds. The molecule has 31 heavy (non-hydrogen) atoms. The molecule has 0 unspecified atom stereocenters. The van der Waals surface area contributed by atoms with Crippen molar-refractivity contribution in [3.05, 3.63) is 33.4 Å². The fourth-order valence-electron chi connectivity index (χ4n) is 3.17. The van der Waals surface area contributed by atoms with E-state index in [1.165, 1.54) is 0 Å². The number of ether oxygens (including phenoxy) is 2. The number of nitro benzene ring substituents is 1. The smallest absolute Gasteiger partial charge is 0.477 e. The van der Waals surface area contributed by atoms with Crippen molar-refractivity contribution >= 4 is 17.7 Å². The van der Waals surface area contributed by atoms with E-state index < -0.39 is 45.9 Å². The summed E-state index contributed by atoms with van der Waals surface area (Å²) in [4.78, 5) is 35.4. The van der Waals surface area contributed by atoms with E-state index in [4.69, 9.17) is 4.74 Å². The molecule has 0 saturated carbocycles. The lowest BCUT2D eigenvalue weighted by Crippen LogP contribution is -2.40. The summed E-state index contributed by atoms with van der Waals surface area (Å²) in [6.07, 6.45) is -5.27. The summed E-state index contributed by atoms with van der Waals surface area (Å²) in [6.45, 7) is 5.49. The van der Waals surface area contributed by atoms with E-state index >= 15 is 0 Å². The van der Waals surface area contributed by atoms with Gasteiger partial charge in [0.25, 0.3) is 5.69 Å². The molecule has 1 aromatic carbocycles. The van der Waals surface area contributed by atoms with Crippen molar-refractivity contribution in [3.63, 3.8) is 0 Å². The Labute approximate surface area is 175 Å². The fraction of sp³-hybridized carbons (Fsp3) is 0.556. The first-order chi connectivity index (χ1) is 14.1. The Morgan fingerprint density at radius 2 is 1.97 bits per heavy atom. The first kappa shape index (κ1) is 24.2. The molecule has 0 spiro atoms. The normalized spacial score (nSPS) is 17.3. The summed E-state index contributed by atoms with van der Waals surface area (Å²) < 4.78 is 46.7. The van der Waals surface area contributed by atoms with Crippen molar-refractivity contribution in [2.24, 2.45) is 0 Å². The molecule has 1 aliphatic heterocycles. The molecule has 2 rings (SSSR count). The molecule has 1 heterocycles. The minimum Gasteiger partial charge on any atom is -0.477 e. The third kappa shape index (κ3) is 7.27. The molecule has 13 heteroatoms. The summed E-state index contributed by atoms with van der Waals surface area (Å²) in [6, 6.07) is 0.920. The van der Waals surface area contributed by atoms with Gasteiger partial charge in [0.15, 0.2) is 0 Å². The molecule has 1 aliphatic rings. The lowest BCUT2D eigenvalue weighted by Gasteiger charge is -2.22. The zero-order chi connectivity index (χ0) is 23.6. The number of carbonyl (C=O) groups is 2. The molecule has 172 valence electrons. The predicted octanol–water partition coefficient (Wildman–Crippen LogP) is 3.29. The maximum absolute atomic E-state index is 12.6. The van der Waals surface area contributed by atoms with Crippen LogP contribution < -0.4 is 10.1 Å². The number of nitro groups is 1. The number of carboxylic acids is 1. The zero-order valence-electron chi connectivity index (χ0n) is 17.0. The van der Waals surface area contributed by atoms with Crippen LogP contribution in [0.4, 0.5) is 23.7 Å². The van der Waals surface area contributed by atoms with Crippen LogP contribution in [0.5, 0.6) is 5.75 Å². The quantitative estimate of drug-likeness (QED) is 0.500. The lowest BCUT2D eigenvalue weighted by molar-refractivity contribution is -0.386. The predicted molar refractivity (Wildman–Crippen MR) is 99.8 cm³/mol. The monoisotopic (exact) mass is 449 g/mol. The molecule has 0 radical (unpaired) electrons. The number of hydrogen-bond donors (Lipinski definition) is 2. The number of alkyl carbamates (subject to hydrolysis) is 1. The van der Waals surface area contributed by atoms with E-state index in [2.05, 4.69) is 10.1 Å². The Kier molecular flexibility index (Phi) is 6.99. The average Bonchev–Trinajstić information content (AvgIpc) is 2.97. The molecule has 1 saturated heterocycles. The lowest BCUT2D eigenvalue weighted by atomic mass is 10.1. The van der Waals surface area contributed by atoms with Crippen LogP contribution in [0, 0.1) is 10.1 Å². The van der Waals surface area contributed by atoms with Crippen LogP contribution in [0.1, 0.15) is 43.1 Å². The van der Waals surface area contributed by atoms with E-state index in [1.54, 1.807) is 25.7 Å². The van der Waals surface area contributed by atoms with Crippen molar-refractivity contribution < 1.29 is 42.3 Å². The van der Waals surface area contributed by atoms with Gasteiger partial charge in [0, 0.05) is 37.3 Å². The van der Waals surface area contributed by atoms with Crippen LogP contribution in [0.2, 0.25) is 0 Å². The molecule has 0 aliphatic carbocycles. The first-order valence-corrected chi connectivity index (χ1v) is 9.17. The van der Waals surface area contributed by atoms with Gasteiger partial charge in [-0.3, -0.25) is 15.0 Å². The minimum atomic E-state index is -5.10. The van der Waals surface area contributed by atoms with Gasteiger partial charge < -0.3 is 19.9 Å². The van der Waals surface area contributed by atoms with E-state index in [0.29, 0.717) is 19.0 Å². The summed E-state index contributed by atoms with van der Waals surface area (Å²) in [7, 11) is 0. The standard InChI is InChI=1S/C18H22F3N3O7/c1-17(2,3)31-16(27)22-11-4-5-23(9-11)8-10-6-12(30-18(19,20)21)7-13(15(25)26)14(10)24(28)29/h6-7,11H,4-5,8-9H2,1-3H3,(H,22,27)(H,25,26)/t11-/m1/s1. The zero-order valence-corrected chi connectivity index (χ0v) is 17.0. The third-order valence-electron chi connectivity index (χ3n) is 4.20. The second kappa shape index (κ2) is 8.96. The molecule has 0 aromatic heterocycles. The number of carbonyl (C=O) groups excluding carboxylic acids is 1. The molecule has 1 fully saturated rings. The number of halogens is 3. The molecule has 1 aromatic rings. The summed E-state index contributed by atoms with van der Waals surface area (Å²) >= 11 is 0. The number of aromatic carboxylic acids is 1. The Hall–Kier alpha value is -3.09. The Morgan fingerprint density at radius 1 is 1.32 bits per heavy atom. The number of carboxylic acid groups (broad SMARTS) is 1. The van der Waals surface area contributed by atoms with Crippen LogP contribution in [0.15, 0.2) is 12.1 Å². The number of amides is 1. The summed E-state index contributed by atoms with van der Waals surface area (Å²) in [5.41, 5.74) is -2.67. The number of nitrogens with one attached hydrogen (secondary N) is 1. The van der Waals surface area contributed by atoms with Gasteiger partial charge in [0.1, 0.15) is 16.9 Å². The van der Waals surface area contributed by atoms with Crippen LogP contribution in [-0.2, 0) is 11.3 Å². The number of benzene rings is 1. The molecule has 2 N–H and O–H groups in total. The number of likely N-dealkylation sites (tertiary alicyclic amines) is 1. The Bertz CT molecular complexity index is 868. The number of rotatable bonds is 6. The van der Waals surface area contributed by atoms with Crippen LogP contribution in [0.3, 0.4) is 0 Å². The molecular weight excluding hydrogens is 427 g/mol. The van der Waals surface area contributed by atoms with Crippen molar-refractivity contribution in [3.8, 4) is 5.75 Å². The average molecular weight is 449 g/mol. The third-order valence-corrected chi connectivity index (χ3v) is 4.20. The topological polar surface area (TPSA) is 131 Å². The highest BCUT2D eigenvalue weighted by atomic mass is 19.4. The molecule has 0 bridgehead atoms. The van der Waals surface area contributed by atoms with Crippen molar-refractivity contribution in [2.45, 2.75) is 51.7 Å². The van der Waals surface area contributed by atoms with Crippen LogP contribution in [0.25, 0.3) is 0 Å². The van der Waals surface area contributed by atoms with Crippen LogP contribution >= 0.6 is 0 Å². The second-order valence-corrected chi connectivity index (χ2v) is 7.96. The highest BCUT2D eigenvalue weighted by Gasteiger charge is 2.35. The number of alkyl halides is 3. The largest absolute Gasteiger partial charge is 0.573 e. The SMILES string of the molecule is CC(C)(C)OC(=O)N[C@@H]1CCN(Cc2cc(OC(F)(F)F)cc(C(=O)O)c2[N+](=O)[O-])C1. The van der Waals surface area contributed by atoms with E-state index in [0.717, 1.165) is 6.07 Å². The van der Waals surface area contributed by atoms with Gasteiger partial charge in [0.05, 0.1) is 4.92 Å². The van der Waals surface area contributed by atoms with Gasteiger partial charge in [-0.2, -0.15) is 0 Å². The number of hydrogen-bond acceptors (Lipinski definition) is 7. The maximum Gasteiger partial charge on any atom is 0.573 e. The van der Waals surface area contributed by atoms with Gasteiger partial charge >= 0.3 is 18.4 Å². The van der Waals surface area contributed by atoms with Crippen molar-refractivity contribution in [1.82, 2.24) is 10.2 Å². The highest BCUT2D eigenvalue weighted by Crippen LogP contribution is 2.33. The summed E-state index contributed by atoms with van der Waals surface area (Å²) in [5, 5.41) is 23.3. The van der Waals surface area contributed by atoms with E-state index in [9.17, 15) is 38.0 Å². The second-order valence-electron chi connectivity index (χ2n) is 7.96. The highest BCUT2D eigenvalue weighted by molar-refractivity contribution is 5.93. The molecular formula is C18H22F3N3O7. The van der Waals surface area contributed by atoms with Crippen LogP contribution in [-0.4, -0.2) is 58.1 Å². The Morgan fingerprint density at radius 3 is 2.48 bits per heavy atom. The van der Waals surface area contributed by atoms with E-state index in [-0.39, 0.29) is 24.7 Å². The first-order valence-electron chi connectivity index (χ1n) is 9.17. The fourth-order valence-corrected chi connectivity index (χ4v) is 3.17. The van der Waals surface area contributed by atoms with Gasteiger partial charge in [0.2, 0.25) is 0 Å². The van der Waals surface area contributed by atoms with Gasteiger partial charge in [-0.25, -0.2) is 9.59 Å². The maximum atomic E-state index is 12.6. The minimum absolute atomic E-state index is 0.210.